The van der Waals surface area contributed by atoms with Gasteiger partial charge >= 0.3 is 5.97 Å². The van der Waals surface area contributed by atoms with Crippen LogP contribution in [-0.4, -0.2) is 50.1 Å². The summed E-state index contributed by atoms with van der Waals surface area (Å²) < 4.78 is 4.49. The molecule has 0 unspecified atom stereocenters. The van der Waals surface area contributed by atoms with E-state index in [0.29, 0.717) is 5.41 Å². The lowest BCUT2D eigenvalue weighted by atomic mass is 9.73. The van der Waals surface area contributed by atoms with Crippen LogP contribution in [-0.2, 0) is 14.3 Å². The Morgan fingerprint density at radius 1 is 1.31 bits per heavy atom. The number of carbonyl (C=O) groups is 2. The predicted molar refractivity (Wildman–Crippen MR) is 57.7 cm³/mol. The van der Waals surface area contributed by atoms with Crippen LogP contribution in [0.4, 0.5) is 0 Å². The number of likely N-dealkylation sites (tertiary alicyclic amines) is 1. The number of rotatable bonds is 2. The molecule has 90 valence electrons. The second-order valence-electron chi connectivity index (χ2n) is 4.74. The summed E-state index contributed by atoms with van der Waals surface area (Å²) in [7, 11) is 1.31. The minimum absolute atomic E-state index is 0.103. The standard InChI is InChI=1S/C11H18N2O3/c1-16-10(15)6-9(14)13-4-2-11(3-5-13)7-12-8-11/h12H,2-8H2,1H3. The maximum atomic E-state index is 11.7. The fourth-order valence-corrected chi connectivity index (χ4v) is 2.37. The average Bonchev–Trinajstić information content (AvgIpc) is 2.27. The second-order valence-corrected chi connectivity index (χ2v) is 4.74. The molecule has 1 N–H and O–H groups in total. The van der Waals surface area contributed by atoms with Crippen LogP contribution in [0.5, 0.6) is 0 Å². The van der Waals surface area contributed by atoms with Crippen molar-refractivity contribution in [2.24, 2.45) is 5.41 Å². The van der Waals surface area contributed by atoms with E-state index in [2.05, 4.69) is 10.1 Å². The van der Waals surface area contributed by atoms with Gasteiger partial charge in [0.2, 0.25) is 5.91 Å². The summed E-state index contributed by atoms with van der Waals surface area (Å²) in [6, 6.07) is 0. The van der Waals surface area contributed by atoms with Crippen LogP contribution in [0.3, 0.4) is 0 Å². The first-order chi connectivity index (χ1) is 7.65. The van der Waals surface area contributed by atoms with E-state index in [1.165, 1.54) is 7.11 Å². The molecule has 2 fully saturated rings. The summed E-state index contributed by atoms with van der Waals surface area (Å²) in [5.74, 6) is -0.551. The number of hydrogen-bond donors (Lipinski definition) is 1. The van der Waals surface area contributed by atoms with Gasteiger partial charge in [0.25, 0.3) is 0 Å². The first kappa shape index (κ1) is 11.4. The van der Waals surface area contributed by atoms with Crippen molar-refractivity contribution in [1.29, 1.82) is 0 Å². The third kappa shape index (κ3) is 2.19. The highest BCUT2D eigenvalue weighted by atomic mass is 16.5. The first-order valence-electron chi connectivity index (χ1n) is 5.71. The monoisotopic (exact) mass is 226 g/mol. The van der Waals surface area contributed by atoms with Crippen LogP contribution in [0.1, 0.15) is 19.3 Å². The van der Waals surface area contributed by atoms with Crippen molar-refractivity contribution >= 4 is 11.9 Å². The molecule has 16 heavy (non-hydrogen) atoms. The van der Waals surface area contributed by atoms with Gasteiger partial charge in [-0.15, -0.1) is 0 Å². The molecule has 5 nitrogen and oxygen atoms in total. The third-order valence-corrected chi connectivity index (χ3v) is 3.70. The molecule has 0 aliphatic carbocycles. The molecule has 0 aromatic rings. The normalized spacial score (nSPS) is 22.7. The Hall–Kier alpha value is -1.10. The Labute approximate surface area is 95.1 Å². The van der Waals surface area contributed by atoms with Gasteiger partial charge in [-0.05, 0) is 18.3 Å². The topological polar surface area (TPSA) is 58.6 Å². The van der Waals surface area contributed by atoms with Crippen molar-refractivity contribution < 1.29 is 14.3 Å². The van der Waals surface area contributed by atoms with E-state index in [4.69, 9.17) is 0 Å². The van der Waals surface area contributed by atoms with Crippen molar-refractivity contribution in [3.8, 4) is 0 Å². The van der Waals surface area contributed by atoms with Crippen molar-refractivity contribution in [3.63, 3.8) is 0 Å². The largest absolute Gasteiger partial charge is 0.469 e. The molecule has 0 atom stereocenters. The second kappa shape index (κ2) is 4.41. The van der Waals surface area contributed by atoms with E-state index in [1.54, 1.807) is 4.90 Å². The maximum absolute atomic E-state index is 11.7. The van der Waals surface area contributed by atoms with Crippen molar-refractivity contribution in [3.05, 3.63) is 0 Å². The van der Waals surface area contributed by atoms with Gasteiger partial charge in [0, 0.05) is 26.2 Å². The lowest BCUT2D eigenvalue weighted by Gasteiger charge is -2.48. The maximum Gasteiger partial charge on any atom is 0.315 e. The van der Waals surface area contributed by atoms with Crippen LogP contribution >= 0.6 is 0 Å². The van der Waals surface area contributed by atoms with Crippen molar-refractivity contribution in [1.82, 2.24) is 10.2 Å². The van der Waals surface area contributed by atoms with E-state index in [-0.39, 0.29) is 12.3 Å². The Kier molecular flexibility index (Phi) is 3.14. The van der Waals surface area contributed by atoms with Crippen LogP contribution in [0.2, 0.25) is 0 Å². The number of nitrogens with one attached hydrogen (secondary N) is 1. The summed E-state index contributed by atoms with van der Waals surface area (Å²) in [4.78, 5) is 24.5. The number of nitrogens with zero attached hydrogens (tertiary/aromatic N) is 1. The minimum Gasteiger partial charge on any atom is -0.469 e. The van der Waals surface area contributed by atoms with Crippen molar-refractivity contribution in [2.45, 2.75) is 19.3 Å². The molecular formula is C11H18N2O3. The molecule has 2 rings (SSSR count). The molecule has 1 amide bonds. The summed E-state index contributed by atoms with van der Waals surface area (Å²) in [6.45, 7) is 3.70. The lowest BCUT2D eigenvalue weighted by molar-refractivity contribution is -0.147. The Morgan fingerprint density at radius 2 is 1.94 bits per heavy atom. The number of amides is 1. The Bertz CT molecular complexity index is 290. The van der Waals surface area contributed by atoms with E-state index < -0.39 is 5.97 Å². The first-order valence-corrected chi connectivity index (χ1v) is 5.71. The van der Waals surface area contributed by atoms with Gasteiger partial charge in [0.05, 0.1) is 7.11 Å². The average molecular weight is 226 g/mol. The molecule has 5 heteroatoms. The van der Waals surface area contributed by atoms with Gasteiger partial charge in [0.1, 0.15) is 6.42 Å². The summed E-state index contributed by atoms with van der Waals surface area (Å²) in [6.07, 6.45) is 1.97. The van der Waals surface area contributed by atoms with Gasteiger partial charge in [-0.2, -0.15) is 0 Å². The Morgan fingerprint density at radius 3 is 2.38 bits per heavy atom. The number of carbonyl (C=O) groups excluding carboxylic acids is 2. The highest BCUT2D eigenvalue weighted by Crippen LogP contribution is 2.34. The van der Waals surface area contributed by atoms with E-state index in [1.807, 2.05) is 0 Å². The SMILES string of the molecule is COC(=O)CC(=O)N1CCC2(CC1)CNC2. The van der Waals surface area contributed by atoms with E-state index in [9.17, 15) is 9.59 Å². The molecule has 0 saturated carbocycles. The van der Waals surface area contributed by atoms with Gasteiger partial charge in [-0.1, -0.05) is 0 Å². The zero-order chi connectivity index (χ0) is 11.6. The summed E-state index contributed by atoms with van der Waals surface area (Å²) in [5.41, 5.74) is 0.433. The Balaban J connectivity index is 1.79. The highest BCUT2D eigenvalue weighted by molar-refractivity contribution is 5.94. The minimum atomic E-state index is -0.449. The smallest absolute Gasteiger partial charge is 0.315 e. The predicted octanol–water partition coefficient (Wildman–Crippen LogP) is -0.238. The fourth-order valence-electron chi connectivity index (χ4n) is 2.37. The summed E-state index contributed by atoms with van der Waals surface area (Å²) in [5, 5.41) is 3.28. The number of methoxy groups -OCH3 is 1. The third-order valence-electron chi connectivity index (χ3n) is 3.70. The fraction of sp³-hybridized carbons (Fsp3) is 0.818. The zero-order valence-corrected chi connectivity index (χ0v) is 9.62. The van der Waals surface area contributed by atoms with Crippen LogP contribution < -0.4 is 5.32 Å². The number of hydrogen-bond acceptors (Lipinski definition) is 4. The number of ether oxygens (including phenoxy) is 1. The van der Waals surface area contributed by atoms with E-state index >= 15 is 0 Å². The lowest BCUT2D eigenvalue weighted by Crippen LogP contribution is -2.58. The molecule has 1 spiro atoms. The van der Waals surface area contributed by atoms with Gasteiger partial charge in [0.15, 0.2) is 0 Å². The molecule has 2 aliphatic rings. The zero-order valence-electron chi connectivity index (χ0n) is 9.62. The molecule has 0 aromatic carbocycles. The van der Waals surface area contributed by atoms with Crippen LogP contribution in [0.25, 0.3) is 0 Å². The quantitative estimate of drug-likeness (QED) is 0.521. The van der Waals surface area contributed by atoms with Gasteiger partial charge < -0.3 is 15.0 Å². The number of piperidine rings is 1. The van der Waals surface area contributed by atoms with E-state index in [0.717, 1.165) is 39.0 Å². The molecule has 2 aliphatic heterocycles. The molecule has 0 radical (unpaired) electrons. The summed E-state index contributed by atoms with van der Waals surface area (Å²) >= 11 is 0. The van der Waals surface area contributed by atoms with Crippen LogP contribution in [0.15, 0.2) is 0 Å². The van der Waals surface area contributed by atoms with Gasteiger partial charge in [-0.3, -0.25) is 9.59 Å². The van der Waals surface area contributed by atoms with Crippen molar-refractivity contribution in [2.75, 3.05) is 33.3 Å². The highest BCUT2D eigenvalue weighted by Gasteiger charge is 2.40. The molecule has 0 aromatic heterocycles. The molecule has 2 saturated heterocycles. The van der Waals surface area contributed by atoms with Crippen LogP contribution in [0, 0.1) is 5.41 Å². The number of esters is 1. The van der Waals surface area contributed by atoms with Gasteiger partial charge in [-0.25, -0.2) is 0 Å². The molecule has 0 bridgehead atoms. The molecule has 2 heterocycles. The molecular weight excluding hydrogens is 208 g/mol.